The van der Waals surface area contributed by atoms with Gasteiger partial charge in [-0.1, -0.05) is 388 Å². The number of carbonyl (C=O) groups excluding carboxylic acids is 3. The molecule has 0 aliphatic carbocycles. The first kappa shape index (κ1) is 115. The van der Waals surface area contributed by atoms with Crippen LogP contribution in [0.25, 0.3) is 0 Å². The Morgan fingerprint density at radius 3 is 0.653 bits per heavy atom. The van der Waals surface area contributed by atoms with E-state index >= 15 is 0 Å². The number of hydrogen-bond acceptors (Lipinski definition) is 14. The number of unbranched alkanes of at least 4 members (excludes halogenated alkanes) is 31. The summed E-state index contributed by atoms with van der Waals surface area (Å²) < 4.78 is 61.5. The molecule has 0 bridgehead atoms. The van der Waals surface area contributed by atoms with Crippen molar-refractivity contribution in [3.8, 4) is 0 Å². The Bertz CT molecular complexity index is 3030. The maximum absolute atomic E-state index is 13.1. The Balaban J connectivity index is 4.60. The molecule has 0 aromatic heterocycles. The first-order valence-electron chi connectivity index (χ1n) is 47.4. The van der Waals surface area contributed by atoms with Gasteiger partial charge in [-0.2, -0.15) is 0 Å². The van der Waals surface area contributed by atoms with E-state index in [2.05, 4.69) is 227 Å². The molecular weight excluding hydrogens is 1560 g/mol. The molecule has 0 saturated heterocycles. The van der Waals surface area contributed by atoms with Gasteiger partial charge in [-0.15, -0.1) is 0 Å². The van der Waals surface area contributed by atoms with Gasteiger partial charge in [-0.3, -0.25) is 32.5 Å². The molecule has 0 saturated carbocycles. The van der Waals surface area contributed by atoms with Crippen molar-refractivity contribution in [2.45, 2.75) is 386 Å². The highest BCUT2D eigenvalue weighted by molar-refractivity contribution is 7.47. The lowest BCUT2D eigenvalue weighted by atomic mass is 10.0. The maximum atomic E-state index is 13.1. The molecule has 4 N–H and O–H groups in total. The van der Waals surface area contributed by atoms with Gasteiger partial charge in [0.2, 0.25) is 0 Å². The molecule has 0 heterocycles. The van der Waals surface area contributed by atoms with Crippen molar-refractivity contribution < 1.29 is 75.8 Å². The molecule has 0 aromatic carbocycles. The first-order chi connectivity index (χ1) is 59.2. The summed E-state index contributed by atoms with van der Waals surface area (Å²) in [6.45, 7) is 2.34. The fourth-order valence-corrected chi connectivity index (χ4v) is 14.0. The number of esters is 3. The Hall–Kier alpha value is -5.87. The van der Waals surface area contributed by atoms with Gasteiger partial charge < -0.3 is 34.2 Å². The second kappa shape index (κ2) is 93.3. The molecule has 0 radical (unpaired) electrons. The van der Waals surface area contributed by atoms with Crippen LogP contribution in [0, 0.1) is 0 Å². The summed E-state index contributed by atoms with van der Waals surface area (Å²) in [6, 6.07) is 0. The van der Waals surface area contributed by atoms with Gasteiger partial charge in [0.25, 0.3) is 0 Å². The molecule has 121 heavy (non-hydrogen) atoms. The van der Waals surface area contributed by atoms with E-state index in [1.165, 1.54) is 109 Å². The second-order valence-electron chi connectivity index (χ2n) is 31.0. The van der Waals surface area contributed by atoms with Crippen LogP contribution in [0.4, 0.5) is 0 Å². The zero-order valence-corrected chi connectivity index (χ0v) is 77.7. The first-order valence-corrected chi connectivity index (χ1v) is 50.4. The number of phosphoric ester groups is 2. The summed E-state index contributed by atoms with van der Waals surface area (Å²) in [5.41, 5.74) is 0. The molecule has 688 valence electrons. The standard InChI is InChI=1S/C103H170O16P2/c1-4-7-10-13-16-19-22-25-28-31-34-37-39-41-43-45-47-48-50-52-53-55-57-60-62-65-68-71-74-77-80-83-86-89-101(106)113-92-98(104)93-115-120(109,110)116-94-99(105)95-117-121(111,112)118-97-100(119-103(108)91-88-85-82-79-76-73-70-67-64-59-36-33-30-27-24-21-18-15-12-9-6-3)96-114-102(107)90-87-84-81-78-75-72-69-66-63-61-58-56-54-51-49-46-44-42-40-38-35-32-29-26-23-20-17-14-11-8-5-2/h7-12,16-21,25-30,34-38,41-44,47-49,51,59,67,70,98-100,104-105H,4-6,13-15,22-24,31-33,39-40,45-46,50,52-58,60-66,68-69,71-97H2,1-3H3,(H,109,110)(H,111,112)/b10-7-,11-8-,12-9-,19-16-,20-17-,21-18-,28-25-,29-26-,30-27-,37-34-,38-35-,43-41-,44-42-,48-47-,51-49-,59-36-,70-67-. The van der Waals surface area contributed by atoms with Crippen LogP contribution in [0.2, 0.25) is 0 Å². The van der Waals surface area contributed by atoms with Crippen molar-refractivity contribution in [2.75, 3.05) is 39.6 Å². The minimum Gasteiger partial charge on any atom is -0.463 e. The summed E-state index contributed by atoms with van der Waals surface area (Å²) >= 11 is 0. The number of hydrogen-bond donors (Lipinski definition) is 4. The number of aliphatic hydroxyl groups excluding tert-OH is 2. The van der Waals surface area contributed by atoms with E-state index in [0.717, 1.165) is 199 Å². The smallest absolute Gasteiger partial charge is 0.463 e. The highest BCUT2D eigenvalue weighted by atomic mass is 31.2. The normalized spacial score (nSPS) is 14.7. The van der Waals surface area contributed by atoms with Crippen LogP contribution in [-0.2, 0) is 55.8 Å². The van der Waals surface area contributed by atoms with Gasteiger partial charge in [-0.25, -0.2) is 9.13 Å². The molecule has 5 unspecified atom stereocenters. The third kappa shape index (κ3) is 94.6. The summed E-state index contributed by atoms with van der Waals surface area (Å²) in [4.78, 5) is 59.1. The topological polar surface area (TPSA) is 231 Å². The van der Waals surface area contributed by atoms with E-state index in [4.69, 9.17) is 32.3 Å². The molecule has 0 rings (SSSR count). The van der Waals surface area contributed by atoms with E-state index in [0.29, 0.717) is 19.3 Å². The van der Waals surface area contributed by atoms with Crippen LogP contribution < -0.4 is 0 Å². The molecule has 0 amide bonds. The van der Waals surface area contributed by atoms with Crippen molar-refractivity contribution in [1.29, 1.82) is 0 Å². The minimum absolute atomic E-state index is 0.0758. The quantitative estimate of drug-likeness (QED) is 0.0146. The average molecular weight is 1730 g/mol. The molecular formula is C103H170O16P2. The molecule has 16 nitrogen and oxygen atoms in total. The monoisotopic (exact) mass is 1730 g/mol. The van der Waals surface area contributed by atoms with Gasteiger partial charge in [0.1, 0.15) is 25.4 Å². The minimum atomic E-state index is -4.95. The third-order valence-corrected chi connectivity index (χ3v) is 21.4. The summed E-state index contributed by atoms with van der Waals surface area (Å²) in [6.07, 6.45) is 126. The lowest BCUT2D eigenvalue weighted by molar-refractivity contribution is -0.161. The predicted molar refractivity (Wildman–Crippen MR) is 509 cm³/mol. The fraction of sp³-hybridized carbons (Fsp3) is 0.641. The highest BCUT2D eigenvalue weighted by Gasteiger charge is 2.29. The van der Waals surface area contributed by atoms with Crippen LogP contribution in [0.1, 0.15) is 367 Å². The Kier molecular flexibility index (Phi) is 88.8. The zero-order valence-electron chi connectivity index (χ0n) is 75.9. The zero-order chi connectivity index (χ0) is 87.9. The van der Waals surface area contributed by atoms with E-state index in [-0.39, 0.29) is 19.3 Å². The number of allylic oxidation sites excluding steroid dienone is 34. The lowest BCUT2D eigenvalue weighted by Crippen LogP contribution is -2.30. The molecule has 0 fully saturated rings. The van der Waals surface area contributed by atoms with E-state index in [1.807, 2.05) is 0 Å². The number of ether oxygens (including phenoxy) is 3. The van der Waals surface area contributed by atoms with Gasteiger partial charge in [-0.05, 0) is 167 Å². The largest absolute Gasteiger partial charge is 0.472 e. The highest BCUT2D eigenvalue weighted by Crippen LogP contribution is 2.45. The third-order valence-electron chi connectivity index (χ3n) is 19.5. The Labute approximate surface area is 737 Å². The van der Waals surface area contributed by atoms with Gasteiger partial charge >= 0.3 is 33.6 Å². The van der Waals surface area contributed by atoms with Crippen LogP contribution in [-0.4, -0.2) is 95.9 Å². The van der Waals surface area contributed by atoms with Crippen LogP contribution >= 0.6 is 15.6 Å². The van der Waals surface area contributed by atoms with Crippen molar-refractivity contribution >= 4 is 33.6 Å². The fourth-order valence-electron chi connectivity index (χ4n) is 12.4. The number of rotatable bonds is 88. The number of phosphoric acid groups is 2. The predicted octanol–water partition coefficient (Wildman–Crippen LogP) is 29.6. The van der Waals surface area contributed by atoms with Gasteiger partial charge in [0.05, 0.1) is 26.4 Å². The van der Waals surface area contributed by atoms with Gasteiger partial charge in [0, 0.05) is 19.3 Å². The number of aliphatic hydroxyl groups is 2. The summed E-state index contributed by atoms with van der Waals surface area (Å²) in [5, 5.41) is 20.8. The SMILES string of the molecule is CC/C=C\C/C=C\C/C=C\C/C=C\C/C=C\C/C=C\CCCCCCCCCCCCCCCCC(=O)OCC(O)COP(=O)(O)OCC(O)COP(=O)(O)OCC(COC(=O)CCCCCCCCCCCCCC/C=C\C/C=C\C/C=C\C/C=C\C/C=C\C/C=C\CC)OC(=O)CCCCCCC/C=C\C/C=C\C/C=C\C/C=C\C/C=C\CC. The maximum Gasteiger partial charge on any atom is 0.472 e. The molecule has 0 aliphatic rings. The van der Waals surface area contributed by atoms with E-state index in [9.17, 15) is 43.5 Å². The molecule has 5 atom stereocenters. The summed E-state index contributed by atoms with van der Waals surface area (Å²) in [7, 11) is -9.83. The summed E-state index contributed by atoms with van der Waals surface area (Å²) in [5.74, 6) is -1.60. The lowest BCUT2D eigenvalue weighted by Gasteiger charge is -2.21. The van der Waals surface area contributed by atoms with Crippen LogP contribution in [0.5, 0.6) is 0 Å². The van der Waals surface area contributed by atoms with Crippen molar-refractivity contribution in [3.63, 3.8) is 0 Å². The van der Waals surface area contributed by atoms with E-state index in [1.54, 1.807) is 0 Å². The Morgan fingerprint density at radius 2 is 0.413 bits per heavy atom. The van der Waals surface area contributed by atoms with Crippen molar-refractivity contribution in [3.05, 3.63) is 207 Å². The average Bonchev–Trinajstić information content (AvgIpc) is 0.889. The van der Waals surface area contributed by atoms with Crippen molar-refractivity contribution in [2.24, 2.45) is 0 Å². The number of carbonyl (C=O) groups is 3. The van der Waals surface area contributed by atoms with Crippen LogP contribution in [0.3, 0.4) is 0 Å². The molecule has 18 heteroatoms. The van der Waals surface area contributed by atoms with Crippen LogP contribution in [0.15, 0.2) is 207 Å². The molecule has 0 aromatic rings. The van der Waals surface area contributed by atoms with Crippen molar-refractivity contribution in [1.82, 2.24) is 0 Å². The Morgan fingerprint density at radius 1 is 0.231 bits per heavy atom. The van der Waals surface area contributed by atoms with E-state index < -0.39 is 91.5 Å². The second-order valence-corrected chi connectivity index (χ2v) is 33.9. The molecule has 0 spiro atoms. The molecule has 0 aliphatic heterocycles. The van der Waals surface area contributed by atoms with Gasteiger partial charge in [0.15, 0.2) is 6.10 Å².